The van der Waals surface area contributed by atoms with Gasteiger partial charge in [-0.05, 0) is 51.4 Å². The molecule has 48 heavy (non-hydrogen) atoms. The summed E-state index contributed by atoms with van der Waals surface area (Å²) in [4.78, 5) is 12.4. The number of carbonyl (C=O) groups is 1. The van der Waals surface area contributed by atoms with Crippen LogP contribution in [-0.4, -0.2) is 34.9 Å². The maximum absolute atomic E-state index is 12.4. The molecule has 0 aromatic heterocycles. The standard InChI is InChI=1S/C44H81NO3/c1-3-5-7-9-11-13-15-17-19-21-22-24-25-27-29-31-33-35-37-39-43(47)42(41-46)45-44(48)40-38-36-34-32-30-28-26-23-20-18-16-14-12-10-8-6-4-2/h6,8,12,14,18,20,26,28,42-43,46-47H,3-5,7,9-11,13,15-17,19,21-25,27,29-41H2,1-2H3,(H,45,48)/b8-6-,14-12-,20-18-,28-26-. The van der Waals surface area contributed by atoms with Gasteiger partial charge >= 0.3 is 0 Å². The van der Waals surface area contributed by atoms with Crippen molar-refractivity contribution in [2.24, 2.45) is 0 Å². The summed E-state index contributed by atoms with van der Waals surface area (Å²) in [6.45, 7) is 4.23. The highest BCUT2D eigenvalue weighted by Crippen LogP contribution is 2.16. The Morgan fingerprint density at radius 2 is 0.917 bits per heavy atom. The van der Waals surface area contributed by atoms with Crippen molar-refractivity contribution in [1.29, 1.82) is 0 Å². The molecule has 0 aliphatic heterocycles. The van der Waals surface area contributed by atoms with Gasteiger partial charge in [0.15, 0.2) is 0 Å². The highest BCUT2D eigenvalue weighted by atomic mass is 16.3. The van der Waals surface area contributed by atoms with Gasteiger partial charge in [0.2, 0.25) is 5.91 Å². The van der Waals surface area contributed by atoms with Crippen molar-refractivity contribution in [3.63, 3.8) is 0 Å². The molecule has 4 heteroatoms. The van der Waals surface area contributed by atoms with E-state index in [1.165, 1.54) is 109 Å². The smallest absolute Gasteiger partial charge is 0.220 e. The fourth-order valence-corrected chi connectivity index (χ4v) is 6.17. The van der Waals surface area contributed by atoms with Gasteiger partial charge in [0.1, 0.15) is 0 Å². The number of carbonyl (C=O) groups excluding carboxylic acids is 1. The van der Waals surface area contributed by atoms with Crippen molar-refractivity contribution >= 4 is 5.91 Å². The third-order valence-corrected chi connectivity index (χ3v) is 9.35. The average Bonchev–Trinajstić information content (AvgIpc) is 3.09. The van der Waals surface area contributed by atoms with E-state index >= 15 is 0 Å². The second-order valence-corrected chi connectivity index (χ2v) is 14.0. The molecule has 0 rings (SSSR count). The molecule has 280 valence electrons. The monoisotopic (exact) mass is 672 g/mol. The number of unbranched alkanes of at least 4 members (excludes halogenated alkanes) is 22. The number of aliphatic hydroxyl groups is 2. The molecular formula is C44H81NO3. The van der Waals surface area contributed by atoms with Crippen molar-refractivity contribution in [3.8, 4) is 0 Å². The largest absolute Gasteiger partial charge is 0.394 e. The fraction of sp³-hybridized carbons (Fsp3) is 0.795. The van der Waals surface area contributed by atoms with Crippen molar-refractivity contribution in [3.05, 3.63) is 48.6 Å². The molecule has 0 spiro atoms. The zero-order valence-electron chi connectivity index (χ0n) is 32.0. The van der Waals surface area contributed by atoms with E-state index in [2.05, 4.69) is 67.8 Å². The summed E-state index contributed by atoms with van der Waals surface area (Å²) < 4.78 is 0. The zero-order chi connectivity index (χ0) is 35.0. The molecular weight excluding hydrogens is 590 g/mol. The Balaban J connectivity index is 3.58. The Bertz CT molecular complexity index is 771. The van der Waals surface area contributed by atoms with Gasteiger partial charge in [-0.15, -0.1) is 0 Å². The molecule has 0 fully saturated rings. The molecule has 0 aromatic carbocycles. The minimum absolute atomic E-state index is 0.0554. The summed E-state index contributed by atoms with van der Waals surface area (Å²) in [5.74, 6) is -0.0554. The van der Waals surface area contributed by atoms with E-state index in [1.54, 1.807) is 0 Å². The molecule has 0 heterocycles. The van der Waals surface area contributed by atoms with Crippen molar-refractivity contribution in [1.82, 2.24) is 5.32 Å². The third kappa shape index (κ3) is 35.7. The van der Waals surface area contributed by atoms with Crippen LogP contribution in [0.25, 0.3) is 0 Å². The first-order valence-electron chi connectivity index (χ1n) is 20.8. The number of hydrogen-bond acceptors (Lipinski definition) is 3. The van der Waals surface area contributed by atoms with Crippen LogP contribution >= 0.6 is 0 Å². The quantitative estimate of drug-likeness (QED) is 0.0455. The molecule has 3 N–H and O–H groups in total. The molecule has 1 amide bonds. The van der Waals surface area contributed by atoms with E-state index in [-0.39, 0.29) is 12.5 Å². The number of rotatable bonds is 37. The van der Waals surface area contributed by atoms with Gasteiger partial charge in [0.05, 0.1) is 18.8 Å². The second kappa shape index (κ2) is 39.8. The zero-order valence-corrected chi connectivity index (χ0v) is 32.0. The minimum Gasteiger partial charge on any atom is -0.394 e. The molecule has 0 aliphatic carbocycles. The summed E-state index contributed by atoms with van der Waals surface area (Å²) in [5, 5.41) is 23.1. The number of hydrogen-bond donors (Lipinski definition) is 3. The molecule has 2 atom stereocenters. The molecule has 0 radical (unpaired) electrons. The van der Waals surface area contributed by atoms with Crippen LogP contribution in [0.15, 0.2) is 48.6 Å². The van der Waals surface area contributed by atoms with E-state index in [9.17, 15) is 15.0 Å². The van der Waals surface area contributed by atoms with Crippen molar-refractivity contribution in [2.75, 3.05) is 6.61 Å². The highest BCUT2D eigenvalue weighted by Gasteiger charge is 2.19. The minimum atomic E-state index is -0.671. The summed E-state index contributed by atoms with van der Waals surface area (Å²) in [6, 6.07) is -0.550. The molecule has 0 aliphatic rings. The van der Waals surface area contributed by atoms with E-state index in [1.807, 2.05) is 0 Å². The van der Waals surface area contributed by atoms with Crippen molar-refractivity contribution < 1.29 is 15.0 Å². The van der Waals surface area contributed by atoms with Crippen LogP contribution in [0, 0.1) is 0 Å². The van der Waals surface area contributed by atoms with Crippen LogP contribution in [0.5, 0.6) is 0 Å². The third-order valence-electron chi connectivity index (χ3n) is 9.35. The van der Waals surface area contributed by atoms with Gasteiger partial charge in [-0.3, -0.25) is 4.79 Å². The normalized spacial score (nSPS) is 13.5. The average molecular weight is 672 g/mol. The second-order valence-electron chi connectivity index (χ2n) is 14.0. The number of allylic oxidation sites excluding steroid dienone is 8. The van der Waals surface area contributed by atoms with Crippen LogP contribution in [0.2, 0.25) is 0 Å². The van der Waals surface area contributed by atoms with Gasteiger partial charge in [-0.25, -0.2) is 0 Å². The summed E-state index contributed by atoms with van der Waals surface area (Å²) >= 11 is 0. The molecule has 0 saturated carbocycles. The van der Waals surface area contributed by atoms with Crippen LogP contribution in [0.3, 0.4) is 0 Å². The van der Waals surface area contributed by atoms with Crippen molar-refractivity contribution in [2.45, 2.75) is 219 Å². The fourth-order valence-electron chi connectivity index (χ4n) is 6.17. The van der Waals surface area contributed by atoms with E-state index in [0.29, 0.717) is 12.8 Å². The van der Waals surface area contributed by atoms with Gasteiger partial charge in [-0.1, -0.05) is 197 Å². The molecule has 2 unspecified atom stereocenters. The van der Waals surface area contributed by atoms with E-state index < -0.39 is 12.1 Å². The molecule has 0 saturated heterocycles. The molecule has 0 bridgehead atoms. The number of amides is 1. The Kier molecular flexibility index (Phi) is 38.4. The Hall–Kier alpha value is -1.65. The van der Waals surface area contributed by atoms with Crippen LogP contribution in [0.4, 0.5) is 0 Å². The lowest BCUT2D eigenvalue weighted by Gasteiger charge is -2.22. The van der Waals surface area contributed by atoms with Crippen LogP contribution in [-0.2, 0) is 4.79 Å². The maximum atomic E-state index is 12.4. The first kappa shape index (κ1) is 46.4. The first-order valence-corrected chi connectivity index (χ1v) is 20.8. The number of nitrogens with one attached hydrogen (secondary N) is 1. The lowest BCUT2D eigenvalue weighted by Crippen LogP contribution is -2.45. The first-order chi connectivity index (χ1) is 23.7. The predicted octanol–water partition coefficient (Wildman–Crippen LogP) is 12.8. The molecule has 0 aromatic rings. The summed E-state index contributed by atoms with van der Waals surface area (Å²) in [7, 11) is 0. The summed E-state index contributed by atoms with van der Waals surface area (Å²) in [5.41, 5.74) is 0. The maximum Gasteiger partial charge on any atom is 0.220 e. The van der Waals surface area contributed by atoms with Gasteiger partial charge in [-0.2, -0.15) is 0 Å². The van der Waals surface area contributed by atoms with Crippen LogP contribution in [0.1, 0.15) is 206 Å². The Labute approximate surface area is 299 Å². The number of aliphatic hydroxyl groups excluding tert-OH is 2. The van der Waals surface area contributed by atoms with Gasteiger partial charge in [0.25, 0.3) is 0 Å². The lowest BCUT2D eigenvalue weighted by atomic mass is 10.0. The predicted molar refractivity (Wildman–Crippen MR) is 211 cm³/mol. The van der Waals surface area contributed by atoms with E-state index in [4.69, 9.17) is 0 Å². The summed E-state index contributed by atoms with van der Waals surface area (Å²) in [6.07, 6.45) is 53.2. The van der Waals surface area contributed by atoms with Crippen LogP contribution < -0.4 is 5.32 Å². The van der Waals surface area contributed by atoms with Gasteiger partial charge < -0.3 is 15.5 Å². The lowest BCUT2D eigenvalue weighted by molar-refractivity contribution is -0.123. The molecule has 4 nitrogen and oxygen atoms in total. The van der Waals surface area contributed by atoms with E-state index in [0.717, 1.165) is 70.6 Å². The van der Waals surface area contributed by atoms with Gasteiger partial charge in [0, 0.05) is 6.42 Å². The SMILES string of the molecule is CC/C=C\C/C=C\C/C=C\C/C=C\CCCCCCC(=O)NC(CO)C(O)CCCCCCCCCCCCCCCCCCCCC. The topological polar surface area (TPSA) is 69.6 Å². The Morgan fingerprint density at radius 1 is 0.521 bits per heavy atom. The Morgan fingerprint density at radius 3 is 1.38 bits per heavy atom. The highest BCUT2D eigenvalue weighted by molar-refractivity contribution is 5.76.